The van der Waals surface area contributed by atoms with Crippen LogP contribution in [-0.4, -0.2) is 30.1 Å². The van der Waals surface area contributed by atoms with Gasteiger partial charge >= 0.3 is 5.97 Å². The third-order valence-corrected chi connectivity index (χ3v) is 1.91. The summed E-state index contributed by atoms with van der Waals surface area (Å²) in [6.07, 6.45) is 0. The van der Waals surface area contributed by atoms with Gasteiger partial charge in [0.05, 0.1) is 5.56 Å². The molecule has 0 fully saturated rings. The van der Waals surface area contributed by atoms with E-state index in [0.717, 1.165) is 12.1 Å². The zero-order valence-corrected chi connectivity index (χ0v) is 9.20. The number of halogens is 1. The summed E-state index contributed by atoms with van der Waals surface area (Å²) in [5.74, 6) is -2.46. The number of hydrogen-bond donors (Lipinski definition) is 2. The highest BCUT2D eigenvalue weighted by Gasteiger charge is 2.11. The highest BCUT2D eigenvalue weighted by Crippen LogP contribution is 2.16. The molecule has 1 amide bonds. The lowest BCUT2D eigenvalue weighted by molar-refractivity contribution is -0.122. The number of benzene rings is 1. The Balaban J connectivity index is 2.65. The van der Waals surface area contributed by atoms with Crippen LogP contribution in [0.25, 0.3) is 0 Å². The van der Waals surface area contributed by atoms with E-state index in [1.165, 1.54) is 6.07 Å². The Labute approximate surface area is 97.2 Å². The Morgan fingerprint density at radius 2 is 2.18 bits per heavy atom. The molecule has 1 aromatic carbocycles. The maximum Gasteiger partial charge on any atom is 0.338 e. The molecule has 0 aliphatic carbocycles. The molecule has 0 saturated carbocycles. The molecule has 2 N–H and O–H groups in total. The van der Waals surface area contributed by atoms with Crippen LogP contribution in [0.1, 0.15) is 17.3 Å². The molecule has 17 heavy (non-hydrogen) atoms. The Hall–Kier alpha value is -2.11. The fourth-order valence-corrected chi connectivity index (χ4v) is 1.16. The summed E-state index contributed by atoms with van der Waals surface area (Å²) in [6.45, 7) is 2.01. The van der Waals surface area contributed by atoms with Crippen LogP contribution in [0, 0.1) is 5.82 Å². The van der Waals surface area contributed by atoms with Gasteiger partial charge in [-0.25, -0.2) is 9.18 Å². The van der Waals surface area contributed by atoms with Crippen molar-refractivity contribution >= 4 is 11.9 Å². The van der Waals surface area contributed by atoms with Gasteiger partial charge in [0, 0.05) is 12.6 Å². The second kappa shape index (κ2) is 5.83. The fraction of sp³-hybridized carbons (Fsp3) is 0.273. The van der Waals surface area contributed by atoms with Gasteiger partial charge in [0.25, 0.3) is 5.91 Å². The van der Waals surface area contributed by atoms with E-state index in [4.69, 9.17) is 9.84 Å². The summed E-state index contributed by atoms with van der Waals surface area (Å²) in [6, 6.07) is 3.32. The van der Waals surface area contributed by atoms with E-state index in [-0.39, 0.29) is 18.3 Å². The van der Waals surface area contributed by atoms with Crippen LogP contribution in [0.2, 0.25) is 0 Å². The van der Waals surface area contributed by atoms with Crippen LogP contribution in [0.4, 0.5) is 4.39 Å². The zero-order chi connectivity index (χ0) is 12.8. The van der Waals surface area contributed by atoms with Gasteiger partial charge in [-0.05, 0) is 19.1 Å². The number of rotatable bonds is 5. The number of nitrogens with one attached hydrogen (secondary N) is 1. The van der Waals surface area contributed by atoms with Crippen molar-refractivity contribution in [1.82, 2.24) is 5.32 Å². The van der Waals surface area contributed by atoms with Crippen molar-refractivity contribution in [1.29, 1.82) is 0 Å². The molecule has 0 aliphatic heterocycles. The molecular formula is C11H12FNO4. The summed E-state index contributed by atoms with van der Waals surface area (Å²) >= 11 is 0. The number of aromatic carboxylic acids is 1. The third-order valence-electron chi connectivity index (χ3n) is 1.91. The summed E-state index contributed by atoms with van der Waals surface area (Å²) < 4.78 is 18.2. The van der Waals surface area contributed by atoms with Gasteiger partial charge < -0.3 is 15.2 Å². The van der Waals surface area contributed by atoms with Crippen LogP contribution in [0.3, 0.4) is 0 Å². The van der Waals surface area contributed by atoms with E-state index in [1.54, 1.807) is 6.92 Å². The topological polar surface area (TPSA) is 75.6 Å². The molecule has 0 aromatic heterocycles. The molecule has 0 saturated heterocycles. The maximum absolute atomic E-state index is 13.2. The lowest BCUT2D eigenvalue weighted by Gasteiger charge is -2.06. The van der Waals surface area contributed by atoms with Crippen LogP contribution in [-0.2, 0) is 4.79 Å². The number of ether oxygens (including phenoxy) is 1. The third kappa shape index (κ3) is 3.75. The summed E-state index contributed by atoms with van der Waals surface area (Å²) in [5, 5.41) is 11.1. The van der Waals surface area contributed by atoms with Crippen molar-refractivity contribution < 1.29 is 23.8 Å². The first-order chi connectivity index (χ1) is 8.04. The van der Waals surface area contributed by atoms with Gasteiger partial charge in [-0.15, -0.1) is 0 Å². The van der Waals surface area contributed by atoms with Crippen LogP contribution >= 0.6 is 0 Å². The molecule has 0 atom stereocenters. The highest BCUT2D eigenvalue weighted by atomic mass is 19.1. The van der Waals surface area contributed by atoms with E-state index in [0.29, 0.717) is 6.54 Å². The average molecular weight is 241 g/mol. The van der Waals surface area contributed by atoms with Crippen LogP contribution < -0.4 is 10.1 Å². The Morgan fingerprint density at radius 3 is 2.71 bits per heavy atom. The molecule has 5 nitrogen and oxygen atoms in total. The second-order valence-electron chi connectivity index (χ2n) is 3.19. The molecule has 1 aromatic rings. The minimum atomic E-state index is -1.35. The first-order valence-electron chi connectivity index (χ1n) is 4.97. The second-order valence-corrected chi connectivity index (χ2v) is 3.19. The molecule has 0 heterocycles. The quantitative estimate of drug-likeness (QED) is 0.807. The molecule has 6 heteroatoms. The Morgan fingerprint density at radius 1 is 1.47 bits per heavy atom. The standard InChI is InChI=1S/C11H12FNO4/c1-2-13-10(14)6-17-7-3-4-8(11(15)16)9(12)5-7/h3-5H,2,6H2,1H3,(H,13,14)(H,15,16). The SMILES string of the molecule is CCNC(=O)COc1ccc(C(=O)O)c(F)c1. The van der Waals surface area contributed by atoms with E-state index >= 15 is 0 Å². The number of carboxylic acids is 1. The van der Waals surface area contributed by atoms with Gasteiger partial charge in [-0.2, -0.15) is 0 Å². The predicted octanol–water partition coefficient (Wildman–Crippen LogP) is 1.04. The number of carbonyl (C=O) groups excluding carboxylic acids is 1. The van der Waals surface area contributed by atoms with Crippen molar-refractivity contribution in [2.45, 2.75) is 6.92 Å². The molecule has 0 radical (unpaired) electrons. The lowest BCUT2D eigenvalue weighted by atomic mass is 10.2. The van der Waals surface area contributed by atoms with Gasteiger partial charge in [-0.3, -0.25) is 4.79 Å². The fourth-order valence-electron chi connectivity index (χ4n) is 1.16. The molecule has 0 unspecified atom stereocenters. The van der Waals surface area contributed by atoms with Crippen LogP contribution in [0.5, 0.6) is 5.75 Å². The lowest BCUT2D eigenvalue weighted by Crippen LogP contribution is -2.28. The monoisotopic (exact) mass is 241 g/mol. The number of amides is 1. The zero-order valence-electron chi connectivity index (χ0n) is 9.20. The van der Waals surface area contributed by atoms with Crippen molar-refractivity contribution in [3.05, 3.63) is 29.6 Å². The van der Waals surface area contributed by atoms with Crippen molar-refractivity contribution in [2.24, 2.45) is 0 Å². The number of likely N-dealkylation sites (N-methyl/N-ethyl adjacent to an activating group) is 1. The van der Waals surface area contributed by atoms with Gasteiger partial charge in [0.2, 0.25) is 0 Å². The molecule has 0 spiro atoms. The van der Waals surface area contributed by atoms with Gasteiger partial charge in [0.1, 0.15) is 11.6 Å². The molecule has 92 valence electrons. The average Bonchev–Trinajstić information content (AvgIpc) is 2.26. The molecule has 0 bridgehead atoms. The summed E-state index contributed by atoms with van der Waals surface area (Å²) in [7, 11) is 0. The van der Waals surface area contributed by atoms with Gasteiger partial charge in [0.15, 0.2) is 6.61 Å². The van der Waals surface area contributed by atoms with E-state index in [1.807, 2.05) is 0 Å². The molecule has 0 aliphatic rings. The maximum atomic E-state index is 13.2. The smallest absolute Gasteiger partial charge is 0.338 e. The minimum Gasteiger partial charge on any atom is -0.484 e. The van der Waals surface area contributed by atoms with Crippen molar-refractivity contribution in [3.8, 4) is 5.75 Å². The van der Waals surface area contributed by atoms with Crippen LogP contribution in [0.15, 0.2) is 18.2 Å². The first-order valence-corrected chi connectivity index (χ1v) is 4.97. The van der Waals surface area contributed by atoms with Crippen molar-refractivity contribution in [3.63, 3.8) is 0 Å². The van der Waals surface area contributed by atoms with E-state index in [2.05, 4.69) is 5.32 Å². The number of carboxylic acid groups (broad SMARTS) is 1. The van der Waals surface area contributed by atoms with E-state index < -0.39 is 17.3 Å². The van der Waals surface area contributed by atoms with E-state index in [9.17, 15) is 14.0 Å². The van der Waals surface area contributed by atoms with Crippen molar-refractivity contribution in [2.75, 3.05) is 13.2 Å². The number of carbonyl (C=O) groups is 2. The first kappa shape index (κ1) is 13.0. The Kier molecular flexibility index (Phi) is 4.45. The summed E-state index contributed by atoms with van der Waals surface area (Å²) in [4.78, 5) is 21.6. The highest BCUT2D eigenvalue weighted by molar-refractivity contribution is 5.88. The molecule has 1 rings (SSSR count). The largest absolute Gasteiger partial charge is 0.484 e. The predicted molar refractivity (Wildman–Crippen MR) is 57.5 cm³/mol. The molecular weight excluding hydrogens is 229 g/mol. The summed E-state index contributed by atoms with van der Waals surface area (Å²) in [5.41, 5.74) is -0.435. The number of hydrogen-bond acceptors (Lipinski definition) is 3. The Bertz CT molecular complexity index is 433. The van der Waals surface area contributed by atoms with Gasteiger partial charge in [-0.1, -0.05) is 0 Å². The normalized spacial score (nSPS) is 9.76. The minimum absolute atomic E-state index is 0.110.